The SMILES string of the molecule is CC[C@H](NS(=O)(=O)c1ccc(OC)c(C(=O)N2CCCCCC2)c1)c1ccc(C)cc1. The fraction of sp³-hybridized carbons (Fsp3) is 0.458. The first-order chi connectivity index (χ1) is 14.9. The average molecular weight is 445 g/mol. The quantitative estimate of drug-likeness (QED) is 0.685. The van der Waals surface area contributed by atoms with Crippen LogP contribution in [0.3, 0.4) is 0 Å². The van der Waals surface area contributed by atoms with Gasteiger partial charge in [0.25, 0.3) is 5.91 Å². The van der Waals surface area contributed by atoms with Crippen LogP contribution in [0.2, 0.25) is 0 Å². The number of rotatable bonds is 7. The molecule has 1 fully saturated rings. The Hall–Kier alpha value is -2.38. The molecule has 3 rings (SSSR count). The predicted octanol–water partition coefficient (Wildman–Crippen LogP) is 4.45. The molecule has 0 radical (unpaired) electrons. The zero-order chi connectivity index (χ0) is 22.4. The van der Waals surface area contributed by atoms with E-state index in [1.807, 2.05) is 38.1 Å². The molecule has 0 aliphatic carbocycles. The minimum atomic E-state index is -3.83. The van der Waals surface area contributed by atoms with Gasteiger partial charge in [0.15, 0.2) is 0 Å². The Morgan fingerprint density at radius 2 is 1.71 bits per heavy atom. The van der Waals surface area contributed by atoms with Crippen molar-refractivity contribution in [3.8, 4) is 5.75 Å². The molecule has 31 heavy (non-hydrogen) atoms. The van der Waals surface area contributed by atoms with Crippen LogP contribution >= 0.6 is 0 Å². The molecule has 7 heteroatoms. The van der Waals surface area contributed by atoms with E-state index in [9.17, 15) is 13.2 Å². The third kappa shape index (κ3) is 5.66. The van der Waals surface area contributed by atoms with Crippen LogP contribution in [0.25, 0.3) is 0 Å². The highest BCUT2D eigenvalue weighted by atomic mass is 32.2. The molecule has 0 aromatic heterocycles. The van der Waals surface area contributed by atoms with Crippen molar-refractivity contribution in [3.63, 3.8) is 0 Å². The number of methoxy groups -OCH3 is 1. The largest absolute Gasteiger partial charge is 0.496 e. The Kier molecular flexibility index (Phi) is 7.73. The lowest BCUT2D eigenvalue weighted by Crippen LogP contribution is -2.32. The molecular weight excluding hydrogens is 412 g/mol. The summed E-state index contributed by atoms with van der Waals surface area (Å²) in [5.41, 5.74) is 2.31. The number of nitrogens with zero attached hydrogens (tertiary/aromatic N) is 1. The first-order valence-electron chi connectivity index (χ1n) is 10.9. The number of carbonyl (C=O) groups is 1. The molecule has 2 aromatic carbocycles. The van der Waals surface area contributed by atoms with Crippen LogP contribution in [-0.4, -0.2) is 39.4 Å². The van der Waals surface area contributed by atoms with Gasteiger partial charge in [-0.3, -0.25) is 4.79 Å². The van der Waals surface area contributed by atoms with Crippen molar-refractivity contribution in [1.29, 1.82) is 0 Å². The number of amides is 1. The minimum Gasteiger partial charge on any atom is -0.496 e. The van der Waals surface area contributed by atoms with Crippen LogP contribution in [0.15, 0.2) is 47.4 Å². The molecule has 1 aliphatic rings. The lowest BCUT2D eigenvalue weighted by Gasteiger charge is -2.22. The Morgan fingerprint density at radius 3 is 2.29 bits per heavy atom. The molecule has 1 amide bonds. The van der Waals surface area contributed by atoms with Crippen molar-refractivity contribution in [2.24, 2.45) is 0 Å². The van der Waals surface area contributed by atoms with Gasteiger partial charge in [-0.2, -0.15) is 0 Å². The summed E-state index contributed by atoms with van der Waals surface area (Å²) in [6.07, 6.45) is 4.75. The third-order valence-corrected chi connectivity index (χ3v) is 7.26. The Balaban J connectivity index is 1.89. The highest BCUT2D eigenvalue weighted by Crippen LogP contribution is 2.27. The first-order valence-corrected chi connectivity index (χ1v) is 12.4. The van der Waals surface area contributed by atoms with E-state index in [1.165, 1.54) is 19.2 Å². The van der Waals surface area contributed by atoms with Gasteiger partial charge in [-0.25, -0.2) is 13.1 Å². The second kappa shape index (κ2) is 10.3. The van der Waals surface area contributed by atoms with E-state index in [4.69, 9.17) is 4.74 Å². The second-order valence-corrected chi connectivity index (χ2v) is 9.78. The molecule has 168 valence electrons. The summed E-state index contributed by atoms with van der Waals surface area (Å²) < 4.78 is 34.5. The first kappa shape index (κ1) is 23.3. The predicted molar refractivity (Wildman–Crippen MR) is 122 cm³/mol. The van der Waals surface area contributed by atoms with E-state index in [-0.39, 0.29) is 22.4 Å². The monoisotopic (exact) mass is 444 g/mol. The van der Waals surface area contributed by atoms with Crippen LogP contribution in [0.4, 0.5) is 0 Å². The molecule has 1 atom stereocenters. The number of carbonyl (C=O) groups excluding carboxylic acids is 1. The molecule has 0 bridgehead atoms. The molecule has 0 saturated carbocycles. The summed E-state index contributed by atoms with van der Waals surface area (Å²) in [7, 11) is -2.33. The maximum absolute atomic E-state index is 13.2. The van der Waals surface area contributed by atoms with Crippen molar-refractivity contribution in [3.05, 3.63) is 59.2 Å². The molecule has 1 heterocycles. The molecule has 0 unspecified atom stereocenters. The molecule has 1 saturated heterocycles. The maximum atomic E-state index is 13.2. The van der Waals surface area contributed by atoms with Crippen molar-refractivity contribution in [2.75, 3.05) is 20.2 Å². The van der Waals surface area contributed by atoms with Crippen LogP contribution in [0.5, 0.6) is 5.75 Å². The lowest BCUT2D eigenvalue weighted by atomic mass is 10.0. The van der Waals surface area contributed by atoms with Crippen molar-refractivity contribution in [1.82, 2.24) is 9.62 Å². The van der Waals surface area contributed by atoms with Gasteiger partial charge in [0.2, 0.25) is 10.0 Å². The van der Waals surface area contributed by atoms with Gasteiger partial charge >= 0.3 is 0 Å². The van der Waals surface area contributed by atoms with Gasteiger partial charge in [-0.15, -0.1) is 0 Å². The van der Waals surface area contributed by atoms with Gasteiger partial charge < -0.3 is 9.64 Å². The smallest absolute Gasteiger partial charge is 0.257 e. The molecule has 2 aromatic rings. The standard InChI is InChI=1S/C24H32N2O4S/c1-4-22(19-11-9-18(2)10-12-19)25-31(28,29)20-13-14-23(30-3)21(17-20)24(27)26-15-7-5-6-8-16-26/h9-14,17,22,25H,4-8,15-16H2,1-3H3/t22-/m0/s1. The van der Waals surface area contributed by atoms with E-state index in [2.05, 4.69) is 4.72 Å². The molecule has 1 N–H and O–H groups in total. The summed E-state index contributed by atoms with van der Waals surface area (Å²) in [5.74, 6) is 0.208. The lowest BCUT2D eigenvalue weighted by molar-refractivity contribution is 0.0758. The number of hydrogen-bond donors (Lipinski definition) is 1. The number of benzene rings is 2. The van der Waals surface area contributed by atoms with E-state index in [1.54, 1.807) is 11.0 Å². The zero-order valence-electron chi connectivity index (χ0n) is 18.6. The topological polar surface area (TPSA) is 75.7 Å². The number of hydrogen-bond acceptors (Lipinski definition) is 4. The summed E-state index contributed by atoms with van der Waals surface area (Å²) in [5, 5.41) is 0. The van der Waals surface area contributed by atoms with E-state index in [0.29, 0.717) is 25.3 Å². The van der Waals surface area contributed by atoms with Crippen molar-refractivity contribution in [2.45, 2.75) is 56.9 Å². The van der Waals surface area contributed by atoms with Gasteiger partial charge in [0.1, 0.15) is 5.75 Å². The number of likely N-dealkylation sites (tertiary alicyclic amines) is 1. The normalized spacial score (nSPS) is 15.9. The van der Waals surface area contributed by atoms with Gasteiger partial charge in [0.05, 0.1) is 17.6 Å². The Bertz CT molecular complexity index is 995. The summed E-state index contributed by atoms with van der Waals surface area (Å²) >= 11 is 0. The maximum Gasteiger partial charge on any atom is 0.257 e. The number of sulfonamides is 1. The molecule has 1 aliphatic heterocycles. The van der Waals surface area contributed by atoms with E-state index < -0.39 is 10.0 Å². The summed E-state index contributed by atoms with van der Waals surface area (Å²) in [6.45, 7) is 5.30. The van der Waals surface area contributed by atoms with Gasteiger partial charge in [-0.05, 0) is 49.9 Å². The summed E-state index contributed by atoms with van der Waals surface area (Å²) in [6, 6.07) is 12.0. The van der Waals surface area contributed by atoms with E-state index >= 15 is 0 Å². The van der Waals surface area contributed by atoms with Crippen molar-refractivity contribution < 1.29 is 17.9 Å². The van der Waals surface area contributed by atoms with Crippen LogP contribution < -0.4 is 9.46 Å². The Labute approximate surface area is 185 Å². The van der Waals surface area contributed by atoms with Gasteiger partial charge in [-0.1, -0.05) is 49.6 Å². The average Bonchev–Trinajstić information content (AvgIpc) is 3.07. The molecular formula is C24H32N2O4S. The number of ether oxygens (including phenoxy) is 1. The van der Waals surface area contributed by atoms with Gasteiger partial charge in [0, 0.05) is 19.1 Å². The summed E-state index contributed by atoms with van der Waals surface area (Å²) in [4.78, 5) is 15.0. The highest BCUT2D eigenvalue weighted by Gasteiger charge is 2.25. The van der Waals surface area contributed by atoms with Crippen LogP contribution in [-0.2, 0) is 10.0 Å². The van der Waals surface area contributed by atoms with E-state index in [0.717, 1.165) is 36.8 Å². The minimum absolute atomic E-state index is 0.0667. The fourth-order valence-electron chi connectivity index (χ4n) is 3.91. The Morgan fingerprint density at radius 1 is 1.06 bits per heavy atom. The number of aryl methyl sites for hydroxylation is 1. The molecule has 0 spiro atoms. The zero-order valence-corrected chi connectivity index (χ0v) is 19.4. The molecule has 6 nitrogen and oxygen atoms in total. The third-order valence-electron chi connectivity index (χ3n) is 5.79. The fourth-order valence-corrected chi connectivity index (χ4v) is 5.24. The highest BCUT2D eigenvalue weighted by molar-refractivity contribution is 7.89. The van der Waals surface area contributed by atoms with Crippen molar-refractivity contribution >= 4 is 15.9 Å². The second-order valence-electron chi connectivity index (χ2n) is 8.06. The number of nitrogens with one attached hydrogen (secondary N) is 1. The van der Waals surface area contributed by atoms with Crippen LogP contribution in [0, 0.1) is 6.92 Å². The van der Waals surface area contributed by atoms with Crippen LogP contribution in [0.1, 0.15) is 66.6 Å².